The number of hydrogen-bond acceptors (Lipinski definition) is 3. The van der Waals surface area contributed by atoms with Gasteiger partial charge in [0.25, 0.3) is 0 Å². The topological polar surface area (TPSA) is 53.1 Å². The predicted molar refractivity (Wildman–Crippen MR) is 66.9 cm³/mol. The summed E-state index contributed by atoms with van der Waals surface area (Å²) in [7, 11) is 3.29. The summed E-state index contributed by atoms with van der Waals surface area (Å²) in [5.74, 6) is 0.102. The molecule has 1 atom stereocenters. The van der Waals surface area contributed by atoms with E-state index in [-0.39, 0.29) is 5.82 Å². The Bertz CT molecular complexity index is 565. The minimum absolute atomic E-state index is 0.374. The summed E-state index contributed by atoms with van der Waals surface area (Å²) in [5, 5.41) is 4.21. The second-order valence-corrected chi connectivity index (χ2v) is 4.20. The molecule has 0 aliphatic heterocycles. The first-order valence-corrected chi connectivity index (χ1v) is 5.62. The van der Waals surface area contributed by atoms with Crippen LogP contribution < -0.4 is 10.5 Å². The Kier molecular flexibility index (Phi) is 3.34. The van der Waals surface area contributed by atoms with Gasteiger partial charge in [0.1, 0.15) is 11.6 Å². The van der Waals surface area contributed by atoms with E-state index < -0.39 is 6.04 Å². The number of hydrogen-bond donors (Lipinski definition) is 1. The molecule has 0 bridgehead atoms. The van der Waals surface area contributed by atoms with Gasteiger partial charge in [0.15, 0.2) is 0 Å². The van der Waals surface area contributed by atoms with Crippen molar-refractivity contribution in [2.75, 3.05) is 7.11 Å². The van der Waals surface area contributed by atoms with Crippen molar-refractivity contribution in [3.8, 4) is 5.75 Å². The van der Waals surface area contributed by atoms with E-state index in [1.54, 1.807) is 23.9 Å². The van der Waals surface area contributed by atoms with Gasteiger partial charge in [-0.2, -0.15) is 5.10 Å². The molecule has 18 heavy (non-hydrogen) atoms. The zero-order chi connectivity index (χ0) is 13.3. The molecule has 1 heterocycles. The molecular formula is C13H16FN3O. The Morgan fingerprint density at radius 1 is 1.39 bits per heavy atom. The first-order chi connectivity index (χ1) is 8.52. The van der Waals surface area contributed by atoms with E-state index in [9.17, 15) is 4.39 Å². The molecule has 0 spiro atoms. The molecule has 0 saturated carbocycles. The average molecular weight is 249 g/mol. The molecule has 1 aromatic heterocycles. The van der Waals surface area contributed by atoms with Gasteiger partial charge in [0, 0.05) is 18.7 Å². The molecule has 0 aliphatic carbocycles. The number of aromatic nitrogens is 2. The minimum atomic E-state index is -0.540. The Balaban J connectivity index is 2.39. The largest absolute Gasteiger partial charge is 0.497 e. The van der Waals surface area contributed by atoms with Crippen LogP contribution in [-0.2, 0) is 7.05 Å². The van der Waals surface area contributed by atoms with Gasteiger partial charge in [-0.25, -0.2) is 4.39 Å². The fourth-order valence-corrected chi connectivity index (χ4v) is 1.97. The van der Waals surface area contributed by atoms with Gasteiger partial charge in [0.05, 0.1) is 24.5 Å². The molecule has 1 aromatic carbocycles. The highest BCUT2D eigenvalue weighted by molar-refractivity contribution is 5.34. The van der Waals surface area contributed by atoms with Gasteiger partial charge in [-0.3, -0.25) is 4.68 Å². The van der Waals surface area contributed by atoms with E-state index >= 15 is 0 Å². The fourth-order valence-electron chi connectivity index (χ4n) is 1.97. The van der Waals surface area contributed by atoms with E-state index in [0.29, 0.717) is 11.3 Å². The molecular weight excluding hydrogens is 233 g/mol. The number of ether oxygens (including phenoxy) is 1. The third kappa shape index (κ3) is 2.22. The molecule has 1 unspecified atom stereocenters. The smallest absolute Gasteiger partial charge is 0.132 e. The Labute approximate surface area is 105 Å². The van der Waals surface area contributed by atoms with Crippen LogP contribution in [-0.4, -0.2) is 16.9 Å². The van der Waals surface area contributed by atoms with Crippen LogP contribution in [0.5, 0.6) is 5.75 Å². The maximum Gasteiger partial charge on any atom is 0.132 e. The lowest BCUT2D eigenvalue weighted by Crippen LogP contribution is -2.17. The lowest BCUT2D eigenvalue weighted by Gasteiger charge is -2.14. The molecule has 0 amide bonds. The van der Waals surface area contributed by atoms with Gasteiger partial charge < -0.3 is 10.5 Å². The molecule has 2 N–H and O–H groups in total. The molecule has 0 aliphatic rings. The first-order valence-electron chi connectivity index (χ1n) is 5.62. The Morgan fingerprint density at radius 3 is 2.61 bits per heavy atom. The number of nitrogens with zero attached hydrogens (tertiary/aromatic N) is 2. The molecule has 2 aromatic rings. The van der Waals surface area contributed by atoms with Crippen LogP contribution in [0.4, 0.5) is 4.39 Å². The quantitative estimate of drug-likeness (QED) is 0.904. The summed E-state index contributed by atoms with van der Waals surface area (Å²) in [6, 6.07) is 5.98. The summed E-state index contributed by atoms with van der Waals surface area (Å²) in [4.78, 5) is 0. The van der Waals surface area contributed by atoms with Crippen LogP contribution in [0, 0.1) is 12.7 Å². The normalized spacial score (nSPS) is 12.5. The van der Waals surface area contributed by atoms with Crippen molar-refractivity contribution in [1.82, 2.24) is 9.78 Å². The second-order valence-electron chi connectivity index (χ2n) is 4.20. The summed E-state index contributed by atoms with van der Waals surface area (Å²) in [5.41, 5.74) is 8.14. The average Bonchev–Trinajstić information content (AvgIpc) is 2.67. The van der Waals surface area contributed by atoms with E-state index in [1.165, 1.54) is 13.2 Å². The molecule has 0 fully saturated rings. The maximum absolute atomic E-state index is 13.9. The van der Waals surface area contributed by atoms with Gasteiger partial charge in [-0.15, -0.1) is 0 Å². The number of halogens is 1. The Morgan fingerprint density at radius 2 is 2.11 bits per heavy atom. The molecule has 0 saturated heterocycles. The number of benzene rings is 1. The van der Waals surface area contributed by atoms with Crippen LogP contribution in [0.1, 0.15) is 23.0 Å². The summed E-state index contributed by atoms with van der Waals surface area (Å²) < 4.78 is 20.6. The van der Waals surface area contributed by atoms with Crippen molar-refractivity contribution in [3.63, 3.8) is 0 Å². The summed E-state index contributed by atoms with van der Waals surface area (Å²) in [6.45, 7) is 1.88. The van der Waals surface area contributed by atoms with E-state index in [1.807, 2.05) is 13.0 Å². The maximum atomic E-state index is 13.9. The van der Waals surface area contributed by atoms with Crippen molar-refractivity contribution in [3.05, 3.63) is 47.0 Å². The first kappa shape index (κ1) is 12.6. The third-order valence-corrected chi connectivity index (χ3v) is 2.90. The van der Waals surface area contributed by atoms with Crippen LogP contribution in [0.15, 0.2) is 24.3 Å². The van der Waals surface area contributed by atoms with Gasteiger partial charge in [-0.1, -0.05) is 6.07 Å². The standard InChI is InChI=1S/C13H16FN3O/c1-8-6-12(17(2)16-8)13(15)10-5-4-9(18-3)7-11(10)14/h4-7,13H,15H2,1-3H3. The molecule has 96 valence electrons. The highest BCUT2D eigenvalue weighted by Crippen LogP contribution is 2.25. The van der Waals surface area contributed by atoms with Gasteiger partial charge in [-0.05, 0) is 19.1 Å². The van der Waals surface area contributed by atoms with Crippen molar-refractivity contribution >= 4 is 0 Å². The third-order valence-electron chi connectivity index (χ3n) is 2.90. The number of rotatable bonds is 3. The van der Waals surface area contributed by atoms with Crippen molar-refractivity contribution in [2.45, 2.75) is 13.0 Å². The Hall–Kier alpha value is -1.88. The van der Waals surface area contributed by atoms with Crippen molar-refractivity contribution in [1.29, 1.82) is 0 Å². The molecule has 0 radical (unpaired) electrons. The number of aryl methyl sites for hydroxylation is 2. The lowest BCUT2D eigenvalue weighted by molar-refractivity contribution is 0.410. The van der Waals surface area contributed by atoms with Crippen LogP contribution in [0.25, 0.3) is 0 Å². The molecule has 5 heteroatoms. The highest BCUT2D eigenvalue weighted by Gasteiger charge is 2.17. The van der Waals surface area contributed by atoms with Gasteiger partial charge in [0.2, 0.25) is 0 Å². The molecule has 2 rings (SSSR count). The van der Waals surface area contributed by atoms with E-state index in [2.05, 4.69) is 5.10 Å². The minimum Gasteiger partial charge on any atom is -0.497 e. The van der Waals surface area contributed by atoms with Gasteiger partial charge >= 0.3 is 0 Å². The zero-order valence-corrected chi connectivity index (χ0v) is 10.6. The van der Waals surface area contributed by atoms with E-state index in [4.69, 9.17) is 10.5 Å². The van der Waals surface area contributed by atoms with E-state index in [0.717, 1.165) is 11.4 Å². The van der Waals surface area contributed by atoms with Crippen LogP contribution in [0.3, 0.4) is 0 Å². The van der Waals surface area contributed by atoms with Crippen molar-refractivity contribution in [2.24, 2.45) is 12.8 Å². The number of methoxy groups -OCH3 is 1. The lowest BCUT2D eigenvalue weighted by atomic mass is 10.0. The fraction of sp³-hybridized carbons (Fsp3) is 0.308. The summed E-state index contributed by atoms with van der Waals surface area (Å²) in [6.07, 6.45) is 0. The SMILES string of the molecule is COc1ccc(C(N)c2cc(C)nn2C)c(F)c1. The molecule has 4 nitrogen and oxygen atoms in total. The zero-order valence-electron chi connectivity index (χ0n) is 10.6. The monoisotopic (exact) mass is 249 g/mol. The van der Waals surface area contributed by atoms with Crippen molar-refractivity contribution < 1.29 is 9.13 Å². The van der Waals surface area contributed by atoms with Crippen LogP contribution >= 0.6 is 0 Å². The predicted octanol–water partition coefficient (Wildman–Crippen LogP) is 1.92. The number of nitrogens with two attached hydrogens (primary N) is 1. The summed E-state index contributed by atoms with van der Waals surface area (Å²) >= 11 is 0. The van der Waals surface area contributed by atoms with Crippen LogP contribution in [0.2, 0.25) is 0 Å². The highest BCUT2D eigenvalue weighted by atomic mass is 19.1. The second kappa shape index (κ2) is 4.78.